The zero-order chi connectivity index (χ0) is 23.7. The molecule has 0 atom stereocenters. The first-order chi connectivity index (χ1) is 16.5. The first kappa shape index (κ1) is 21.9. The number of carbonyl (C=O) groups excluding carboxylic acids is 2. The van der Waals surface area contributed by atoms with Gasteiger partial charge in [-0.15, -0.1) is 17.9 Å². The van der Waals surface area contributed by atoms with Gasteiger partial charge < -0.3 is 15.7 Å². The van der Waals surface area contributed by atoms with Crippen LogP contribution in [-0.4, -0.2) is 33.4 Å². The van der Waals surface area contributed by atoms with Gasteiger partial charge in [-0.2, -0.15) is 9.78 Å². The highest BCUT2D eigenvalue weighted by Gasteiger charge is 2.27. The van der Waals surface area contributed by atoms with E-state index < -0.39 is 0 Å². The summed E-state index contributed by atoms with van der Waals surface area (Å²) in [6, 6.07) is 16.1. The Kier molecular flexibility index (Phi) is 5.90. The molecule has 172 valence electrons. The van der Waals surface area contributed by atoms with Crippen molar-refractivity contribution in [2.75, 3.05) is 11.9 Å². The summed E-state index contributed by atoms with van der Waals surface area (Å²) >= 11 is 1.43. The Morgan fingerprint density at radius 3 is 2.74 bits per heavy atom. The van der Waals surface area contributed by atoms with Crippen LogP contribution in [0.4, 0.5) is 10.5 Å². The Labute approximate surface area is 200 Å². The molecule has 3 N–H and O–H groups in total. The lowest BCUT2D eigenvalue weighted by atomic mass is 9.82. The van der Waals surface area contributed by atoms with E-state index in [1.54, 1.807) is 18.2 Å². The summed E-state index contributed by atoms with van der Waals surface area (Å²) < 4.78 is 2.42. The van der Waals surface area contributed by atoms with Crippen LogP contribution in [0, 0.1) is 0 Å². The van der Waals surface area contributed by atoms with Crippen molar-refractivity contribution >= 4 is 39.0 Å². The number of hydrogen-bond acceptors (Lipinski definition) is 5. The highest BCUT2D eigenvalue weighted by Crippen LogP contribution is 2.39. The van der Waals surface area contributed by atoms with Crippen molar-refractivity contribution in [2.45, 2.75) is 25.2 Å². The van der Waals surface area contributed by atoms with Crippen LogP contribution in [-0.2, 0) is 0 Å². The second-order valence-electron chi connectivity index (χ2n) is 8.30. The largest absolute Gasteiger partial charge is 0.507 e. The molecule has 2 aromatic carbocycles. The van der Waals surface area contributed by atoms with Crippen molar-refractivity contribution in [2.24, 2.45) is 0 Å². The Hall–Kier alpha value is -3.91. The van der Waals surface area contributed by atoms with E-state index >= 15 is 0 Å². The van der Waals surface area contributed by atoms with E-state index in [0.29, 0.717) is 28.4 Å². The van der Waals surface area contributed by atoms with E-state index in [4.69, 9.17) is 0 Å². The molecule has 0 spiro atoms. The summed E-state index contributed by atoms with van der Waals surface area (Å²) in [5.41, 5.74) is 2.28. The third-order valence-electron chi connectivity index (χ3n) is 6.03. The summed E-state index contributed by atoms with van der Waals surface area (Å²) in [4.78, 5) is 26.1. The average molecular weight is 473 g/mol. The SMILES string of the molecule is C=CCNC(=O)n1nc(-c2cc(NC(=O)c3cc4ccccc4s3)ccc2O)cc1C1CCC1. The Morgan fingerprint density at radius 1 is 1.18 bits per heavy atom. The molecule has 2 amide bonds. The van der Waals surface area contributed by atoms with Gasteiger partial charge in [-0.05, 0) is 54.6 Å². The summed E-state index contributed by atoms with van der Waals surface area (Å²) in [5, 5.41) is 21.7. The normalized spacial score (nSPS) is 13.4. The smallest absolute Gasteiger partial charge is 0.342 e. The van der Waals surface area contributed by atoms with Crippen LogP contribution in [0.25, 0.3) is 21.3 Å². The number of phenolic OH excluding ortho intramolecular Hbond substituents is 1. The van der Waals surface area contributed by atoms with Crippen molar-refractivity contribution in [3.05, 3.63) is 77.8 Å². The van der Waals surface area contributed by atoms with Gasteiger partial charge in [0, 0.05) is 28.4 Å². The number of amides is 2. The van der Waals surface area contributed by atoms with Crippen molar-refractivity contribution < 1.29 is 14.7 Å². The molecule has 4 aromatic rings. The van der Waals surface area contributed by atoms with Crippen molar-refractivity contribution in [3.8, 4) is 17.0 Å². The van der Waals surface area contributed by atoms with Crippen LogP contribution in [0.5, 0.6) is 5.75 Å². The number of fused-ring (bicyclic) bond motifs is 1. The second-order valence-corrected chi connectivity index (χ2v) is 9.39. The van der Waals surface area contributed by atoms with Gasteiger partial charge in [0.05, 0.1) is 16.3 Å². The minimum absolute atomic E-state index is 0.0242. The molecule has 1 saturated carbocycles. The van der Waals surface area contributed by atoms with Gasteiger partial charge in [0.25, 0.3) is 5.91 Å². The predicted molar refractivity (Wildman–Crippen MR) is 135 cm³/mol. The summed E-state index contributed by atoms with van der Waals surface area (Å²) in [6.07, 6.45) is 4.72. The first-order valence-corrected chi connectivity index (χ1v) is 12.0. The molecule has 0 bridgehead atoms. The maximum absolute atomic E-state index is 12.9. The summed E-state index contributed by atoms with van der Waals surface area (Å²) in [7, 11) is 0. The third-order valence-corrected chi connectivity index (χ3v) is 7.14. The number of hydrogen-bond donors (Lipinski definition) is 3. The number of carbonyl (C=O) groups is 2. The molecule has 5 rings (SSSR count). The molecule has 0 aliphatic heterocycles. The van der Waals surface area contributed by atoms with Gasteiger partial charge in [-0.1, -0.05) is 30.7 Å². The van der Waals surface area contributed by atoms with Crippen LogP contribution in [0.2, 0.25) is 0 Å². The van der Waals surface area contributed by atoms with Gasteiger partial charge in [0.1, 0.15) is 5.75 Å². The fourth-order valence-corrected chi connectivity index (χ4v) is 4.98. The molecule has 0 radical (unpaired) electrons. The minimum Gasteiger partial charge on any atom is -0.507 e. The maximum atomic E-state index is 12.9. The maximum Gasteiger partial charge on any atom is 0.342 e. The van der Waals surface area contributed by atoms with Gasteiger partial charge in [0.15, 0.2) is 0 Å². The van der Waals surface area contributed by atoms with Crippen molar-refractivity contribution in [3.63, 3.8) is 0 Å². The molecule has 8 heteroatoms. The molecule has 7 nitrogen and oxygen atoms in total. The second kappa shape index (κ2) is 9.15. The number of aromatic hydroxyl groups is 1. The Morgan fingerprint density at radius 2 is 2.00 bits per heavy atom. The first-order valence-electron chi connectivity index (χ1n) is 11.2. The highest BCUT2D eigenvalue weighted by atomic mass is 32.1. The third kappa shape index (κ3) is 4.20. The van der Waals surface area contributed by atoms with Crippen LogP contribution in [0.3, 0.4) is 0 Å². The monoisotopic (exact) mass is 472 g/mol. The van der Waals surface area contributed by atoms with Gasteiger partial charge in [-0.3, -0.25) is 4.79 Å². The quantitative estimate of drug-likeness (QED) is 0.246. The zero-order valence-corrected chi connectivity index (χ0v) is 19.3. The van der Waals surface area contributed by atoms with Crippen LogP contribution < -0.4 is 10.6 Å². The van der Waals surface area contributed by atoms with E-state index in [1.165, 1.54) is 22.1 Å². The fourth-order valence-electron chi connectivity index (χ4n) is 4.02. The highest BCUT2D eigenvalue weighted by molar-refractivity contribution is 7.20. The van der Waals surface area contributed by atoms with Crippen LogP contribution in [0.15, 0.2) is 67.3 Å². The Balaban J connectivity index is 1.44. The van der Waals surface area contributed by atoms with E-state index in [1.807, 2.05) is 36.4 Å². The molecular formula is C26H24N4O3S. The lowest BCUT2D eigenvalue weighted by Gasteiger charge is -2.25. The molecule has 1 aliphatic rings. The molecule has 2 aromatic heterocycles. The van der Waals surface area contributed by atoms with Gasteiger partial charge in [0.2, 0.25) is 0 Å². The van der Waals surface area contributed by atoms with Crippen molar-refractivity contribution in [1.29, 1.82) is 0 Å². The molecule has 34 heavy (non-hydrogen) atoms. The average Bonchev–Trinajstić information content (AvgIpc) is 3.42. The predicted octanol–water partition coefficient (Wildman–Crippen LogP) is 5.73. The van der Waals surface area contributed by atoms with E-state index in [-0.39, 0.29) is 23.6 Å². The molecule has 1 fully saturated rings. The number of anilines is 1. The lowest BCUT2D eigenvalue weighted by molar-refractivity contribution is 0.103. The molecule has 2 heterocycles. The number of phenols is 1. The molecular weight excluding hydrogens is 448 g/mol. The minimum atomic E-state index is -0.332. The topological polar surface area (TPSA) is 96.3 Å². The van der Waals surface area contributed by atoms with E-state index in [9.17, 15) is 14.7 Å². The number of nitrogens with one attached hydrogen (secondary N) is 2. The van der Waals surface area contributed by atoms with Gasteiger partial charge >= 0.3 is 6.03 Å². The van der Waals surface area contributed by atoms with E-state index in [2.05, 4.69) is 22.3 Å². The van der Waals surface area contributed by atoms with Gasteiger partial charge in [-0.25, -0.2) is 4.79 Å². The van der Waals surface area contributed by atoms with Crippen molar-refractivity contribution in [1.82, 2.24) is 15.1 Å². The standard InChI is InChI=1S/C26H24N4O3S/c1-2-12-27-26(33)30-21(16-7-5-8-16)15-20(29-30)19-14-18(10-11-22(19)31)28-25(32)24-13-17-6-3-4-9-23(17)34-24/h2-4,6,9-11,13-16,31H,1,5,7-8,12H2,(H,27,33)(H,28,32). The number of thiophene rings is 1. The lowest BCUT2D eigenvalue weighted by Crippen LogP contribution is -2.32. The summed E-state index contributed by atoms with van der Waals surface area (Å²) in [5.74, 6) is 0.0622. The molecule has 1 aliphatic carbocycles. The van der Waals surface area contributed by atoms with E-state index in [0.717, 1.165) is 35.0 Å². The fraction of sp³-hybridized carbons (Fsp3) is 0.192. The van der Waals surface area contributed by atoms with Crippen LogP contribution in [0.1, 0.15) is 40.5 Å². The molecule has 0 unspecified atom stereocenters. The number of benzene rings is 2. The number of aromatic nitrogens is 2. The molecule has 0 saturated heterocycles. The van der Waals surface area contributed by atoms with Crippen LogP contribution >= 0.6 is 11.3 Å². The number of nitrogens with zero attached hydrogens (tertiary/aromatic N) is 2. The number of rotatable bonds is 6. The zero-order valence-electron chi connectivity index (χ0n) is 18.5. The summed E-state index contributed by atoms with van der Waals surface area (Å²) in [6.45, 7) is 3.97. The Bertz CT molecular complexity index is 1370.